The van der Waals surface area contributed by atoms with Gasteiger partial charge in [0.15, 0.2) is 0 Å². The topological polar surface area (TPSA) is 38.7 Å². The van der Waals surface area contributed by atoms with Gasteiger partial charge in [-0.2, -0.15) is 13.2 Å². The molecule has 0 bridgehead atoms. The molecule has 29 heavy (non-hydrogen) atoms. The summed E-state index contributed by atoms with van der Waals surface area (Å²) in [4.78, 5) is 5.35. The van der Waals surface area contributed by atoms with Crippen LogP contribution >= 0.6 is 0 Å². The lowest BCUT2D eigenvalue weighted by atomic mass is 10.1. The highest BCUT2D eigenvalue weighted by molar-refractivity contribution is 7.85. The Hall–Kier alpha value is -2.93. The predicted octanol–water partition coefficient (Wildman–Crippen LogP) is 5.39. The average molecular weight is 415 g/mol. The van der Waals surface area contributed by atoms with E-state index in [2.05, 4.69) is 4.99 Å². The summed E-state index contributed by atoms with van der Waals surface area (Å²) in [6, 6.07) is 20.8. The van der Waals surface area contributed by atoms with Crippen LogP contribution in [0.15, 0.2) is 93.6 Å². The highest BCUT2D eigenvalue weighted by Gasteiger charge is 2.30. The fraction of sp³-hybridized carbons (Fsp3) is 0.136. The zero-order valence-electron chi connectivity index (χ0n) is 15.1. The normalized spacial score (nSPS) is 17.5. The minimum Gasteiger partial charge on any atom is -0.475 e. The van der Waals surface area contributed by atoms with E-state index in [9.17, 15) is 17.4 Å². The van der Waals surface area contributed by atoms with Crippen molar-refractivity contribution in [3.05, 3.63) is 95.6 Å². The van der Waals surface area contributed by atoms with Crippen LogP contribution in [0.25, 0.3) is 0 Å². The van der Waals surface area contributed by atoms with Gasteiger partial charge < -0.3 is 4.74 Å². The van der Waals surface area contributed by atoms with Crippen LogP contribution in [-0.4, -0.2) is 16.7 Å². The van der Waals surface area contributed by atoms with Crippen molar-refractivity contribution in [3.8, 4) is 0 Å². The molecule has 0 saturated heterocycles. The summed E-state index contributed by atoms with van der Waals surface area (Å²) in [5.74, 6) is 0.384. The summed E-state index contributed by atoms with van der Waals surface area (Å²) in [6.07, 6.45) is -4.43. The van der Waals surface area contributed by atoms with E-state index < -0.39 is 22.5 Å². The van der Waals surface area contributed by atoms with Gasteiger partial charge in [-0.05, 0) is 42.0 Å². The van der Waals surface area contributed by atoms with Gasteiger partial charge in [-0.15, -0.1) is 0 Å². The largest absolute Gasteiger partial charge is 0.475 e. The molecule has 0 aromatic heterocycles. The first-order valence-electron chi connectivity index (χ1n) is 8.87. The molecule has 1 unspecified atom stereocenters. The van der Waals surface area contributed by atoms with Crippen molar-refractivity contribution in [2.75, 3.05) is 6.61 Å². The minimum absolute atomic E-state index is 0.154. The molecule has 0 amide bonds. The van der Waals surface area contributed by atoms with Gasteiger partial charge >= 0.3 is 6.18 Å². The molecule has 0 aliphatic carbocycles. The first-order valence-corrected chi connectivity index (χ1v) is 10.0. The summed E-state index contributed by atoms with van der Waals surface area (Å²) in [7, 11) is -1.67. The first-order chi connectivity index (χ1) is 13.9. The third-order valence-electron chi connectivity index (χ3n) is 4.55. The van der Waals surface area contributed by atoms with E-state index in [1.54, 1.807) is 24.3 Å². The highest BCUT2D eigenvalue weighted by Crippen LogP contribution is 2.31. The lowest BCUT2D eigenvalue weighted by molar-refractivity contribution is -0.137. The molecule has 3 nitrogen and oxygen atoms in total. The van der Waals surface area contributed by atoms with E-state index in [-0.39, 0.29) is 10.9 Å². The number of aliphatic imine (C=N–C) groups is 1. The lowest BCUT2D eigenvalue weighted by Crippen LogP contribution is -2.08. The quantitative estimate of drug-likeness (QED) is 0.573. The van der Waals surface area contributed by atoms with Crippen LogP contribution in [0.2, 0.25) is 0 Å². The van der Waals surface area contributed by atoms with Crippen molar-refractivity contribution in [1.82, 2.24) is 0 Å². The minimum atomic E-state index is -4.43. The van der Waals surface area contributed by atoms with Crippen LogP contribution in [0.4, 0.5) is 13.2 Å². The summed E-state index contributed by atoms with van der Waals surface area (Å²) >= 11 is 0. The second kappa shape index (κ2) is 7.83. The number of benzene rings is 3. The van der Waals surface area contributed by atoms with E-state index in [1.165, 1.54) is 12.1 Å². The fourth-order valence-corrected chi connectivity index (χ4v) is 4.26. The van der Waals surface area contributed by atoms with Gasteiger partial charge in [0.05, 0.1) is 26.8 Å². The third kappa shape index (κ3) is 4.10. The summed E-state index contributed by atoms with van der Waals surface area (Å²) in [6.45, 7) is 0.376. The van der Waals surface area contributed by atoms with Gasteiger partial charge in [0.2, 0.25) is 5.90 Å². The molecule has 0 radical (unpaired) electrons. The molecule has 1 heterocycles. The molecular weight excluding hydrogens is 399 g/mol. The van der Waals surface area contributed by atoms with E-state index in [0.717, 1.165) is 17.7 Å². The standard InChI is InChI=1S/C22H16F3NO2S/c23-22(24,25)16-10-12-17(13-11-16)29(27)20-9-5-4-8-18(20)21-26-19(14-28-21)15-6-2-1-3-7-15/h1-13,19H,14H2/t19?,29-/m0/s1. The Morgan fingerprint density at radius 1 is 0.897 bits per heavy atom. The third-order valence-corrected chi connectivity index (χ3v) is 6.00. The molecule has 3 aromatic rings. The summed E-state index contributed by atoms with van der Waals surface area (Å²) in [5, 5.41) is 0. The fourth-order valence-electron chi connectivity index (χ4n) is 3.07. The number of halogens is 3. The smallest absolute Gasteiger partial charge is 0.416 e. The molecule has 148 valence electrons. The van der Waals surface area contributed by atoms with Crippen molar-refractivity contribution in [2.24, 2.45) is 4.99 Å². The lowest BCUT2D eigenvalue weighted by Gasteiger charge is -2.10. The Kier molecular flexibility index (Phi) is 5.24. The second-order valence-electron chi connectivity index (χ2n) is 6.46. The predicted molar refractivity (Wildman–Crippen MR) is 104 cm³/mol. The Morgan fingerprint density at radius 2 is 1.55 bits per heavy atom. The van der Waals surface area contributed by atoms with Crippen LogP contribution in [0, 0.1) is 0 Å². The van der Waals surface area contributed by atoms with Crippen molar-refractivity contribution in [2.45, 2.75) is 22.0 Å². The highest BCUT2D eigenvalue weighted by atomic mass is 32.2. The zero-order chi connectivity index (χ0) is 20.4. The number of ether oxygens (including phenoxy) is 1. The number of rotatable bonds is 4. The maximum Gasteiger partial charge on any atom is 0.416 e. The summed E-state index contributed by atoms with van der Waals surface area (Å²) in [5.41, 5.74) is 0.814. The number of nitrogens with zero attached hydrogens (tertiary/aromatic N) is 1. The number of hydrogen-bond donors (Lipinski definition) is 0. The van der Waals surface area contributed by atoms with Crippen LogP contribution in [0.5, 0.6) is 0 Å². The second-order valence-corrected chi connectivity index (χ2v) is 7.91. The van der Waals surface area contributed by atoms with Gasteiger partial charge in [0.1, 0.15) is 12.6 Å². The Bertz CT molecular complexity index is 1060. The molecule has 7 heteroatoms. The monoisotopic (exact) mass is 415 g/mol. The van der Waals surface area contributed by atoms with Gasteiger partial charge in [0, 0.05) is 4.90 Å². The van der Waals surface area contributed by atoms with E-state index in [0.29, 0.717) is 23.0 Å². The molecule has 3 aromatic carbocycles. The summed E-state index contributed by atoms with van der Waals surface area (Å²) < 4.78 is 57.2. The molecule has 2 atom stereocenters. The maximum atomic E-state index is 13.1. The van der Waals surface area contributed by atoms with E-state index in [4.69, 9.17) is 4.74 Å². The maximum absolute atomic E-state index is 13.1. The van der Waals surface area contributed by atoms with Crippen molar-refractivity contribution in [1.29, 1.82) is 0 Å². The van der Waals surface area contributed by atoms with Crippen LogP contribution in [0.3, 0.4) is 0 Å². The van der Waals surface area contributed by atoms with Gasteiger partial charge in [-0.3, -0.25) is 0 Å². The van der Waals surface area contributed by atoms with E-state index >= 15 is 0 Å². The number of alkyl halides is 3. The molecule has 0 spiro atoms. The Labute approximate surface area is 168 Å². The van der Waals surface area contributed by atoms with Gasteiger partial charge in [-0.25, -0.2) is 9.20 Å². The SMILES string of the molecule is O=[S@@](c1ccc(C(F)(F)F)cc1)c1ccccc1C1=NC(c2ccccc2)CO1. The molecule has 0 saturated carbocycles. The molecule has 0 N–H and O–H groups in total. The molecule has 1 aliphatic rings. The van der Waals surface area contributed by atoms with Crippen molar-refractivity contribution >= 4 is 16.7 Å². The molecule has 4 rings (SSSR count). The van der Waals surface area contributed by atoms with Gasteiger partial charge in [-0.1, -0.05) is 42.5 Å². The Balaban J connectivity index is 1.64. The van der Waals surface area contributed by atoms with E-state index in [1.807, 2.05) is 30.3 Å². The Morgan fingerprint density at radius 3 is 2.24 bits per heavy atom. The number of hydrogen-bond acceptors (Lipinski definition) is 3. The average Bonchev–Trinajstić information content (AvgIpc) is 3.23. The van der Waals surface area contributed by atoms with Crippen LogP contribution in [0.1, 0.15) is 22.7 Å². The molecular formula is C22H16F3NO2S. The van der Waals surface area contributed by atoms with Crippen molar-refractivity contribution in [3.63, 3.8) is 0 Å². The van der Waals surface area contributed by atoms with Crippen molar-refractivity contribution < 1.29 is 22.1 Å². The van der Waals surface area contributed by atoms with Crippen LogP contribution < -0.4 is 0 Å². The van der Waals surface area contributed by atoms with Gasteiger partial charge in [0.25, 0.3) is 0 Å². The first kappa shape index (κ1) is 19.4. The molecule has 0 fully saturated rings. The zero-order valence-corrected chi connectivity index (χ0v) is 15.9. The molecule has 1 aliphatic heterocycles. The van der Waals surface area contributed by atoms with Crippen LogP contribution in [-0.2, 0) is 21.7 Å².